The quantitative estimate of drug-likeness (QED) is 0.300. The molecule has 0 saturated carbocycles. The number of aryl methyl sites for hydroxylation is 1. The molecule has 0 radical (unpaired) electrons. The number of halogens is 2. The van der Waals surface area contributed by atoms with Gasteiger partial charge < -0.3 is 10.1 Å². The Hall–Kier alpha value is -3.35. The number of anilines is 1. The summed E-state index contributed by atoms with van der Waals surface area (Å²) in [6.45, 7) is 2.25. The topological polar surface area (TPSA) is 79.8 Å². The minimum Gasteiger partial charge on any atom is -0.489 e. The lowest BCUT2D eigenvalue weighted by Gasteiger charge is -2.08. The summed E-state index contributed by atoms with van der Waals surface area (Å²) in [5, 5.41) is 7.87. The van der Waals surface area contributed by atoms with E-state index in [2.05, 4.69) is 15.8 Å². The molecule has 6 nitrogen and oxygen atoms in total. The lowest BCUT2D eigenvalue weighted by atomic mass is 10.2. The molecule has 2 N–H and O–H groups in total. The van der Waals surface area contributed by atoms with E-state index in [4.69, 9.17) is 27.9 Å². The first-order chi connectivity index (χ1) is 15.9. The summed E-state index contributed by atoms with van der Waals surface area (Å²) in [6.07, 6.45) is 1.56. The predicted octanol–water partition coefficient (Wildman–Crippen LogP) is 5.75. The molecule has 33 heavy (non-hydrogen) atoms. The monoisotopic (exact) mass is 483 g/mol. The van der Waals surface area contributed by atoms with Gasteiger partial charge in [-0.2, -0.15) is 5.10 Å². The van der Waals surface area contributed by atoms with Gasteiger partial charge in [0.1, 0.15) is 12.4 Å². The molecule has 0 bridgehead atoms. The zero-order valence-electron chi connectivity index (χ0n) is 18.0. The highest BCUT2D eigenvalue weighted by Crippen LogP contribution is 2.20. The molecule has 8 heteroatoms. The van der Waals surface area contributed by atoms with E-state index in [9.17, 15) is 9.59 Å². The van der Waals surface area contributed by atoms with E-state index in [1.54, 1.807) is 12.1 Å². The van der Waals surface area contributed by atoms with Crippen LogP contribution in [0.25, 0.3) is 0 Å². The van der Waals surface area contributed by atoms with Crippen molar-refractivity contribution in [2.75, 3.05) is 5.32 Å². The van der Waals surface area contributed by atoms with Crippen molar-refractivity contribution in [3.05, 3.63) is 93.5 Å². The second-order valence-corrected chi connectivity index (χ2v) is 8.07. The van der Waals surface area contributed by atoms with E-state index in [-0.39, 0.29) is 24.7 Å². The number of nitrogens with zero attached hydrogens (tertiary/aromatic N) is 1. The van der Waals surface area contributed by atoms with Gasteiger partial charge in [0.15, 0.2) is 0 Å². The Bertz CT molecular complexity index is 1150. The van der Waals surface area contributed by atoms with Crippen LogP contribution in [-0.2, 0) is 16.2 Å². The van der Waals surface area contributed by atoms with Crippen molar-refractivity contribution in [1.82, 2.24) is 5.43 Å². The van der Waals surface area contributed by atoms with Crippen molar-refractivity contribution in [2.24, 2.45) is 5.10 Å². The van der Waals surface area contributed by atoms with Crippen LogP contribution in [0.2, 0.25) is 10.0 Å². The molecular formula is C25H23Cl2N3O3. The summed E-state index contributed by atoms with van der Waals surface area (Å²) >= 11 is 12.2. The highest BCUT2D eigenvalue weighted by molar-refractivity contribution is 6.31. The summed E-state index contributed by atoms with van der Waals surface area (Å²) in [4.78, 5) is 23.9. The second kappa shape index (κ2) is 12.0. The Labute approximate surface area is 202 Å². The molecule has 2 amide bonds. The van der Waals surface area contributed by atoms with Gasteiger partial charge in [-0.15, -0.1) is 0 Å². The van der Waals surface area contributed by atoms with Crippen LogP contribution >= 0.6 is 23.2 Å². The predicted molar refractivity (Wildman–Crippen MR) is 132 cm³/mol. The molecule has 0 aromatic heterocycles. The molecule has 170 valence electrons. The van der Waals surface area contributed by atoms with Gasteiger partial charge in [-0.05, 0) is 60.5 Å². The van der Waals surface area contributed by atoms with Crippen LogP contribution in [0.5, 0.6) is 5.75 Å². The Morgan fingerprint density at radius 2 is 1.67 bits per heavy atom. The molecule has 0 heterocycles. The van der Waals surface area contributed by atoms with Crippen LogP contribution in [0.4, 0.5) is 5.69 Å². The van der Waals surface area contributed by atoms with E-state index < -0.39 is 0 Å². The van der Waals surface area contributed by atoms with Gasteiger partial charge in [-0.3, -0.25) is 9.59 Å². The van der Waals surface area contributed by atoms with E-state index in [1.165, 1.54) is 6.21 Å². The molecule has 0 saturated heterocycles. The van der Waals surface area contributed by atoms with Gasteiger partial charge in [0, 0.05) is 34.1 Å². The number of hydrogen-bond donors (Lipinski definition) is 2. The van der Waals surface area contributed by atoms with E-state index in [0.29, 0.717) is 28.1 Å². The first kappa shape index (κ1) is 24.3. The number of hydrazone groups is 1. The molecule has 3 aromatic rings. The van der Waals surface area contributed by atoms with Crippen LogP contribution in [0.15, 0.2) is 71.8 Å². The van der Waals surface area contributed by atoms with Crippen LogP contribution in [0.3, 0.4) is 0 Å². The van der Waals surface area contributed by atoms with Gasteiger partial charge in [-0.1, -0.05) is 47.5 Å². The maximum absolute atomic E-state index is 12.0. The molecule has 3 aromatic carbocycles. The number of benzene rings is 3. The maximum atomic E-state index is 12.0. The van der Waals surface area contributed by atoms with E-state index >= 15 is 0 Å². The molecule has 0 unspecified atom stereocenters. The van der Waals surface area contributed by atoms with E-state index in [1.807, 2.05) is 61.5 Å². The number of nitrogens with one attached hydrogen (secondary N) is 2. The zero-order valence-corrected chi connectivity index (χ0v) is 19.5. The first-order valence-corrected chi connectivity index (χ1v) is 11.0. The fourth-order valence-electron chi connectivity index (χ4n) is 2.78. The molecular weight excluding hydrogens is 461 g/mol. The van der Waals surface area contributed by atoms with Crippen molar-refractivity contribution in [2.45, 2.75) is 26.4 Å². The fourth-order valence-corrected chi connectivity index (χ4v) is 3.15. The molecule has 0 fully saturated rings. The number of carbonyl (C=O) groups is 2. The van der Waals surface area contributed by atoms with Crippen molar-refractivity contribution < 1.29 is 14.3 Å². The number of rotatable bonds is 9. The number of ether oxygens (including phenoxy) is 1. The molecule has 0 aliphatic rings. The fraction of sp³-hybridized carbons (Fsp3) is 0.160. The summed E-state index contributed by atoms with van der Waals surface area (Å²) in [7, 11) is 0. The average Bonchev–Trinajstić information content (AvgIpc) is 2.80. The SMILES string of the molecule is Cc1ccc(NC(=O)CCC(=O)NN=Cc2ccc(OCc3ccccc3Cl)cc2)cc1Cl. The standard InChI is InChI=1S/C25H23Cl2N3O3/c1-17-6-9-20(14-23(17)27)29-24(31)12-13-25(32)30-28-15-18-7-10-21(11-8-18)33-16-19-4-2-3-5-22(19)26/h2-11,14-15H,12-13,16H2,1H3,(H,29,31)(H,30,32). The first-order valence-electron chi connectivity index (χ1n) is 10.2. The molecule has 0 aliphatic heterocycles. The normalized spacial score (nSPS) is 10.8. The van der Waals surface area contributed by atoms with Crippen molar-refractivity contribution in [1.29, 1.82) is 0 Å². The Morgan fingerprint density at radius 3 is 2.39 bits per heavy atom. The summed E-state index contributed by atoms with van der Waals surface area (Å²) in [5.74, 6) is 0.0569. The average molecular weight is 484 g/mol. The van der Waals surface area contributed by atoms with Gasteiger partial charge >= 0.3 is 0 Å². The van der Waals surface area contributed by atoms with Crippen LogP contribution in [0, 0.1) is 6.92 Å². The number of hydrogen-bond acceptors (Lipinski definition) is 4. The molecule has 0 spiro atoms. The van der Waals surface area contributed by atoms with Crippen molar-refractivity contribution in [3.63, 3.8) is 0 Å². The zero-order chi connectivity index (χ0) is 23.6. The number of carbonyl (C=O) groups excluding carboxylic acids is 2. The highest BCUT2D eigenvalue weighted by Gasteiger charge is 2.08. The van der Waals surface area contributed by atoms with Gasteiger partial charge in [-0.25, -0.2) is 5.43 Å². The maximum Gasteiger partial charge on any atom is 0.240 e. The third-order valence-corrected chi connectivity index (χ3v) is 5.45. The Kier molecular flexibility index (Phi) is 8.87. The van der Waals surface area contributed by atoms with Crippen LogP contribution in [-0.4, -0.2) is 18.0 Å². The summed E-state index contributed by atoms with van der Waals surface area (Å²) in [6, 6.07) is 20.0. The van der Waals surface area contributed by atoms with E-state index in [0.717, 1.165) is 16.7 Å². The third-order valence-electron chi connectivity index (χ3n) is 4.67. The number of amides is 2. The minimum absolute atomic E-state index is 0.0115. The van der Waals surface area contributed by atoms with Gasteiger partial charge in [0.25, 0.3) is 0 Å². The third kappa shape index (κ3) is 7.93. The molecule has 0 aliphatic carbocycles. The minimum atomic E-state index is -0.358. The second-order valence-electron chi connectivity index (χ2n) is 7.25. The highest BCUT2D eigenvalue weighted by atomic mass is 35.5. The van der Waals surface area contributed by atoms with Crippen molar-refractivity contribution >= 4 is 46.9 Å². The van der Waals surface area contributed by atoms with Crippen LogP contribution in [0.1, 0.15) is 29.5 Å². The molecule has 3 rings (SSSR count). The van der Waals surface area contributed by atoms with Gasteiger partial charge in [0.05, 0.1) is 6.21 Å². The largest absolute Gasteiger partial charge is 0.489 e. The lowest BCUT2D eigenvalue weighted by Crippen LogP contribution is -2.20. The van der Waals surface area contributed by atoms with Crippen molar-refractivity contribution in [3.8, 4) is 5.75 Å². The Balaban J connectivity index is 1.39. The van der Waals surface area contributed by atoms with Gasteiger partial charge in [0.2, 0.25) is 11.8 Å². The van der Waals surface area contributed by atoms with Crippen LogP contribution < -0.4 is 15.5 Å². The summed E-state index contributed by atoms with van der Waals surface area (Å²) < 4.78 is 5.74. The summed E-state index contributed by atoms with van der Waals surface area (Å²) in [5.41, 5.74) is 5.62. The lowest BCUT2D eigenvalue weighted by molar-refractivity contribution is -0.124. The smallest absolute Gasteiger partial charge is 0.240 e. The Morgan fingerprint density at radius 1 is 0.939 bits per heavy atom. The molecule has 0 atom stereocenters.